The molecule has 0 unspecified atom stereocenters. The van der Waals surface area contributed by atoms with Crippen LogP contribution < -0.4 is 5.32 Å². The van der Waals surface area contributed by atoms with Gasteiger partial charge in [0.25, 0.3) is 0 Å². The number of thioether (sulfide) groups is 1. The molecule has 0 aliphatic rings. The van der Waals surface area contributed by atoms with Gasteiger partial charge in [-0.25, -0.2) is 9.97 Å². The van der Waals surface area contributed by atoms with Gasteiger partial charge in [-0.3, -0.25) is 0 Å². The molecule has 4 heteroatoms. The summed E-state index contributed by atoms with van der Waals surface area (Å²) in [4.78, 5) is 8.69. The van der Waals surface area contributed by atoms with E-state index in [4.69, 9.17) is 0 Å². The summed E-state index contributed by atoms with van der Waals surface area (Å²) in [6.07, 6.45) is 1.97. The van der Waals surface area contributed by atoms with E-state index >= 15 is 0 Å². The SMILES string of the molecule is CSc1nc(C)cc(Nc2ccccc2)n1. The Labute approximate surface area is 99.3 Å². The average molecular weight is 231 g/mol. The fourth-order valence-electron chi connectivity index (χ4n) is 1.37. The highest BCUT2D eigenvalue weighted by atomic mass is 32.2. The fraction of sp³-hybridized carbons (Fsp3) is 0.167. The number of anilines is 2. The van der Waals surface area contributed by atoms with Crippen LogP contribution in [0.4, 0.5) is 11.5 Å². The second-order valence-electron chi connectivity index (χ2n) is 3.37. The van der Waals surface area contributed by atoms with Crippen LogP contribution in [0.15, 0.2) is 41.6 Å². The molecule has 0 atom stereocenters. The van der Waals surface area contributed by atoms with Crippen LogP contribution in [-0.4, -0.2) is 16.2 Å². The summed E-state index contributed by atoms with van der Waals surface area (Å²) >= 11 is 1.55. The third-order valence-corrected chi connectivity index (χ3v) is 2.61. The minimum atomic E-state index is 0.790. The van der Waals surface area contributed by atoms with Crippen LogP contribution in [0.2, 0.25) is 0 Å². The van der Waals surface area contributed by atoms with Crippen molar-refractivity contribution in [2.45, 2.75) is 12.1 Å². The number of aryl methyl sites for hydroxylation is 1. The van der Waals surface area contributed by atoms with E-state index in [2.05, 4.69) is 15.3 Å². The first-order valence-electron chi connectivity index (χ1n) is 4.99. The van der Waals surface area contributed by atoms with Crippen LogP contribution in [0.1, 0.15) is 5.69 Å². The lowest BCUT2D eigenvalue weighted by Gasteiger charge is -2.07. The first-order valence-corrected chi connectivity index (χ1v) is 6.22. The molecule has 2 rings (SSSR count). The van der Waals surface area contributed by atoms with Crippen LogP contribution in [0, 0.1) is 6.92 Å². The number of benzene rings is 1. The molecule has 0 amide bonds. The van der Waals surface area contributed by atoms with Crippen molar-refractivity contribution < 1.29 is 0 Å². The molecule has 0 saturated carbocycles. The fourth-order valence-corrected chi connectivity index (χ4v) is 1.79. The first-order chi connectivity index (χ1) is 7.78. The standard InChI is InChI=1S/C12H13N3S/c1-9-8-11(15-12(13-9)16-2)14-10-6-4-3-5-7-10/h3-8H,1-2H3,(H,13,14,15). The third kappa shape index (κ3) is 2.73. The molecule has 0 fully saturated rings. The zero-order valence-corrected chi connectivity index (χ0v) is 10.1. The van der Waals surface area contributed by atoms with Gasteiger partial charge in [0, 0.05) is 17.4 Å². The molecule has 0 saturated heterocycles. The molecule has 1 aromatic heterocycles. The highest BCUT2D eigenvalue weighted by molar-refractivity contribution is 7.98. The van der Waals surface area contributed by atoms with Gasteiger partial charge in [-0.1, -0.05) is 30.0 Å². The number of nitrogens with one attached hydrogen (secondary N) is 1. The van der Waals surface area contributed by atoms with E-state index in [-0.39, 0.29) is 0 Å². The van der Waals surface area contributed by atoms with Crippen molar-refractivity contribution in [2.24, 2.45) is 0 Å². The summed E-state index contributed by atoms with van der Waals surface area (Å²) in [5.74, 6) is 0.836. The summed E-state index contributed by atoms with van der Waals surface area (Å²) in [6, 6.07) is 11.9. The average Bonchev–Trinajstić information content (AvgIpc) is 2.29. The summed E-state index contributed by atoms with van der Waals surface area (Å²) in [5, 5.41) is 4.05. The number of para-hydroxylation sites is 1. The molecule has 1 N–H and O–H groups in total. The van der Waals surface area contributed by atoms with Gasteiger partial charge in [0.1, 0.15) is 5.82 Å². The third-order valence-electron chi connectivity index (χ3n) is 2.06. The molecule has 82 valence electrons. The Kier molecular flexibility index (Phi) is 3.41. The van der Waals surface area contributed by atoms with E-state index in [9.17, 15) is 0 Å². The molecular formula is C12H13N3S. The molecule has 16 heavy (non-hydrogen) atoms. The predicted octanol–water partition coefficient (Wildman–Crippen LogP) is 3.25. The second kappa shape index (κ2) is 4.99. The summed E-state index contributed by atoms with van der Waals surface area (Å²) in [6.45, 7) is 1.97. The summed E-state index contributed by atoms with van der Waals surface area (Å²) < 4.78 is 0. The molecule has 0 spiro atoms. The monoisotopic (exact) mass is 231 g/mol. The Hall–Kier alpha value is -1.55. The van der Waals surface area contributed by atoms with Crippen molar-refractivity contribution in [3.63, 3.8) is 0 Å². The summed E-state index contributed by atoms with van der Waals surface area (Å²) in [5.41, 5.74) is 2.01. The van der Waals surface area contributed by atoms with Gasteiger partial charge < -0.3 is 5.32 Å². The van der Waals surface area contributed by atoms with Crippen molar-refractivity contribution >= 4 is 23.3 Å². The maximum absolute atomic E-state index is 4.39. The van der Waals surface area contributed by atoms with Crippen LogP contribution in [0.5, 0.6) is 0 Å². The highest BCUT2D eigenvalue weighted by Crippen LogP contribution is 2.17. The molecule has 0 aliphatic heterocycles. The maximum Gasteiger partial charge on any atom is 0.189 e. The normalized spacial score (nSPS) is 10.1. The Morgan fingerprint density at radius 3 is 2.56 bits per heavy atom. The van der Waals surface area contributed by atoms with Gasteiger partial charge in [0.05, 0.1) is 0 Å². The number of hydrogen-bond donors (Lipinski definition) is 1. The van der Waals surface area contributed by atoms with Crippen molar-refractivity contribution in [3.05, 3.63) is 42.1 Å². The number of hydrogen-bond acceptors (Lipinski definition) is 4. The number of rotatable bonds is 3. The van der Waals surface area contributed by atoms with Gasteiger partial charge in [0.15, 0.2) is 5.16 Å². The van der Waals surface area contributed by atoms with Crippen molar-refractivity contribution in [2.75, 3.05) is 11.6 Å². The van der Waals surface area contributed by atoms with Gasteiger partial charge >= 0.3 is 0 Å². The summed E-state index contributed by atoms with van der Waals surface area (Å²) in [7, 11) is 0. The quantitative estimate of drug-likeness (QED) is 0.650. The van der Waals surface area contributed by atoms with E-state index in [1.54, 1.807) is 11.8 Å². The predicted molar refractivity (Wildman–Crippen MR) is 68.3 cm³/mol. The van der Waals surface area contributed by atoms with Crippen molar-refractivity contribution in [1.29, 1.82) is 0 Å². The van der Waals surface area contributed by atoms with Gasteiger partial charge in [-0.05, 0) is 25.3 Å². The van der Waals surface area contributed by atoms with Crippen LogP contribution >= 0.6 is 11.8 Å². The van der Waals surface area contributed by atoms with Crippen LogP contribution in [-0.2, 0) is 0 Å². The molecule has 2 aromatic rings. The number of aromatic nitrogens is 2. The molecular weight excluding hydrogens is 218 g/mol. The van der Waals surface area contributed by atoms with Crippen LogP contribution in [0.3, 0.4) is 0 Å². The molecule has 1 aromatic carbocycles. The minimum Gasteiger partial charge on any atom is -0.340 e. The lowest BCUT2D eigenvalue weighted by molar-refractivity contribution is 0.940. The Morgan fingerprint density at radius 2 is 1.88 bits per heavy atom. The van der Waals surface area contributed by atoms with E-state index in [1.165, 1.54) is 0 Å². The lowest BCUT2D eigenvalue weighted by Crippen LogP contribution is -1.97. The van der Waals surface area contributed by atoms with E-state index < -0.39 is 0 Å². The van der Waals surface area contributed by atoms with Gasteiger partial charge in [-0.2, -0.15) is 0 Å². The zero-order valence-electron chi connectivity index (χ0n) is 9.27. The molecule has 0 bridgehead atoms. The van der Waals surface area contributed by atoms with Crippen LogP contribution in [0.25, 0.3) is 0 Å². The van der Waals surface area contributed by atoms with E-state index in [0.29, 0.717) is 0 Å². The Balaban J connectivity index is 2.24. The second-order valence-corrected chi connectivity index (χ2v) is 4.15. The topological polar surface area (TPSA) is 37.8 Å². The van der Waals surface area contributed by atoms with Gasteiger partial charge in [-0.15, -0.1) is 0 Å². The molecule has 0 aliphatic carbocycles. The number of nitrogens with zero attached hydrogens (tertiary/aromatic N) is 2. The lowest BCUT2D eigenvalue weighted by atomic mass is 10.3. The molecule has 1 heterocycles. The van der Waals surface area contributed by atoms with E-state index in [0.717, 1.165) is 22.4 Å². The first kappa shape index (κ1) is 11.0. The smallest absolute Gasteiger partial charge is 0.189 e. The maximum atomic E-state index is 4.39. The van der Waals surface area contributed by atoms with E-state index in [1.807, 2.05) is 49.6 Å². The Morgan fingerprint density at radius 1 is 1.12 bits per heavy atom. The Bertz CT molecular complexity index is 471. The minimum absolute atomic E-state index is 0.790. The highest BCUT2D eigenvalue weighted by Gasteiger charge is 2.01. The zero-order chi connectivity index (χ0) is 11.4. The van der Waals surface area contributed by atoms with Crippen molar-refractivity contribution in [3.8, 4) is 0 Å². The van der Waals surface area contributed by atoms with Gasteiger partial charge in [0.2, 0.25) is 0 Å². The van der Waals surface area contributed by atoms with Crippen molar-refractivity contribution in [1.82, 2.24) is 9.97 Å². The largest absolute Gasteiger partial charge is 0.340 e. The molecule has 3 nitrogen and oxygen atoms in total. The molecule has 0 radical (unpaired) electrons.